The Kier molecular flexibility index (Phi) is 4.80. The monoisotopic (exact) mass is 401 g/mol. The average molecular weight is 401 g/mol. The van der Waals surface area contributed by atoms with E-state index < -0.39 is 0 Å². The molecule has 9 nitrogen and oxygen atoms in total. The number of likely N-dealkylation sites (N-methyl/N-ethyl adjacent to an activating group) is 1. The van der Waals surface area contributed by atoms with Crippen molar-refractivity contribution >= 4 is 11.7 Å². The van der Waals surface area contributed by atoms with E-state index in [0.29, 0.717) is 17.3 Å². The van der Waals surface area contributed by atoms with Crippen molar-refractivity contribution in [3.63, 3.8) is 0 Å². The summed E-state index contributed by atoms with van der Waals surface area (Å²) in [6.07, 6.45) is 1.78. The lowest BCUT2D eigenvalue weighted by Crippen LogP contribution is -2.46. The molecule has 0 aliphatic carbocycles. The van der Waals surface area contributed by atoms with Crippen LogP contribution in [0.1, 0.15) is 12.6 Å². The highest BCUT2D eigenvalue weighted by Gasteiger charge is 2.20. The van der Waals surface area contributed by atoms with Crippen LogP contribution in [0.5, 0.6) is 0 Å². The number of benzene rings is 1. The Labute approximate surface area is 174 Å². The second kappa shape index (κ2) is 7.75. The molecule has 30 heavy (non-hydrogen) atoms. The van der Waals surface area contributed by atoms with Gasteiger partial charge in [0.25, 0.3) is 5.78 Å². The molecule has 0 amide bonds. The number of aromatic nitrogens is 7. The standard InChI is InChI=1S/C21H23N9/c1-3-28-11-13-29(14-12-28)20-22-10-9-17(23-20)18-15(2)30-21(26-25-18)24-19(27-30)16-7-5-4-6-8-16/h4-10H,3,11-14H2,1-2H3. The molecular formula is C21H23N9. The first-order chi connectivity index (χ1) is 14.7. The minimum absolute atomic E-state index is 0.472. The van der Waals surface area contributed by atoms with Gasteiger partial charge in [0.15, 0.2) is 5.82 Å². The Morgan fingerprint density at radius 2 is 1.73 bits per heavy atom. The van der Waals surface area contributed by atoms with E-state index in [4.69, 9.17) is 4.98 Å². The Morgan fingerprint density at radius 1 is 0.933 bits per heavy atom. The molecule has 1 saturated heterocycles. The van der Waals surface area contributed by atoms with Crippen molar-refractivity contribution in [1.29, 1.82) is 0 Å². The van der Waals surface area contributed by atoms with Crippen LogP contribution in [0.15, 0.2) is 42.6 Å². The van der Waals surface area contributed by atoms with Crippen molar-refractivity contribution < 1.29 is 0 Å². The van der Waals surface area contributed by atoms with Crippen molar-refractivity contribution in [3.8, 4) is 22.8 Å². The summed E-state index contributed by atoms with van der Waals surface area (Å²) in [5.41, 5.74) is 3.21. The zero-order chi connectivity index (χ0) is 20.5. The topological polar surface area (TPSA) is 88.2 Å². The highest BCUT2D eigenvalue weighted by molar-refractivity contribution is 5.61. The van der Waals surface area contributed by atoms with Crippen molar-refractivity contribution in [2.75, 3.05) is 37.6 Å². The molecule has 5 rings (SSSR count). The van der Waals surface area contributed by atoms with Crippen LogP contribution < -0.4 is 4.90 Å². The number of hydrogen-bond donors (Lipinski definition) is 0. The van der Waals surface area contributed by atoms with E-state index in [-0.39, 0.29) is 0 Å². The minimum Gasteiger partial charge on any atom is -0.338 e. The second-order valence-electron chi connectivity index (χ2n) is 7.31. The number of fused-ring (bicyclic) bond motifs is 1. The van der Waals surface area contributed by atoms with E-state index in [1.54, 1.807) is 10.7 Å². The molecule has 0 bridgehead atoms. The van der Waals surface area contributed by atoms with Crippen molar-refractivity contribution in [2.24, 2.45) is 0 Å². The molecule has 1 aromatic carbocycles. The largest absolute Gasteiger partial charge is 0.338 e. The maximum atomic E-state index is 4.78. The normalized spacial score (nSPS) is 15.1. The van der Waals surface area contributed by atoms with E-state index >= 15 is 0 Å². The number of hydrogen-bond acceptors (Lipinski definition) is 8. The molecule has 4 heterocycles. The lowest BCUT2D eigenvalue weighted by molar-refractivity contribution is 0.270. The van der Waals surface area contributed by atoms with Crippen LogP contribution in [0.25, 0.3) is 28.6 Å². The van der Waals surface area contributed by atoms with Gasteiger partial charge in [-0.25, -0.2) is 9.97 Å². The Morgan fingerprint density at radius 3 is 2.50 bits per heavy atom. The molecule has 1 aliphatic rings. The summed E-state index contributed by atoms with van der Waals surface area (Å²) < 4.78 is 1.73. The quantitative estimate of drug-likeness (QED) is 0.514. The first-order valence-corrected chi connectivity index (χ1v) is 10.2. The highest BCUT2D eigenvalue weighted by atomic mass is 15.4. The number of nitrogens with zero attached hydrogens (tertiary/aromatic N) is 9. The fraction of sp³-hybridized carbons (Fsp3) is 0.333. The molecule has 1 fully saturated rings. The molecule has 9 heteroatoms. The van der Waals surface area contributed by atoms with Gasteiger partial charge in [-0.1, -0.05) is 37.3 Å². The van der Waals surface area contributed by atoms with Gasteiger partial charge < -0.3 is 9.80 Å². The Hall–Kier alpha value is -3.46. The van der Waals surface area contributed by atoms with E-state index in [1.165, 1.54) is 0 Å². The summed E-state index contributed by atoms with van der Waals surface area (Å²) in [6, 6.07) is 11.7. The number of aryl methyl sites for hydroxylation is 1. The zero-order valence-electron chi connectivity index (χ0n) is 17.1. The third-order valence-corrected chi connectivity index (χ3v) is 5.51. The van der Waals surface area contributed by atoms with E-state index in [9.17, 15) is 0 Å². The summed E-state index contributed by atoms with van der Waals surface area (Å²) >= 11 is 0. The smallest absolute Gasteiger partial charge is 0.272 e. The van der Waals surface area contributed by atoms with Gasteiger partial charge in [0.05, 0.1) is 11.4 Å². The number of anilines is 1. The molecule has 0 atom stereocenters. The first kappa shape index (κ1) is 18.6. The molecule has 1 aliphatic heterocycles. The fourth-order valence-corrected chi connectivity index (χ4v) is 3.70. The predicted molar refractivity (Wildman–Crippen MR) is 114 cm³/mol. The average Bonchev–Trinajstić information content (AvgIpc) is 3.26. The molecular weight excluding hydrogens is 378 g/mol. The third-order valence-electron chi connectivity index (χ3n) is 5.51. The maximum absolute atomic E-state index is 4.78. The van der Waals surface area contributed by atoms with Crippen LogP contribution in [-0.4, -0.2) is 72.4 Å². The first-order valence-electron chi connectivity index (χ1n) is 10.2. The van der Waals surface area contributed by atoms with Gasteiger partial charge in [0, 0.05) is 37.9 Å². The van der Waals surface area contributed by atoms with Crippen LogP contribution in [0, 0.1) is 6.92 Å². The van der Waals surface area contributed by atoms with Crippen LogP contribution in [0.2, 0.25) is 0 Å². The number of piperazine rings is 1. The summed E-state index contributed by atoms with van der Waals surface area (Å²) in [4.78, 5) is 18.4. The van der Waals surface area contributed by atoms with Crippen LogP contribution in [0.3, 0.4) is 0 Å². The van der Waals surface area contributed by atoms with Gasteiger partial charge in [0.2, 0.25) is 5.95 Å². The Balaban J connectivity index is 1.48. The molecule has 152 valence electrons. The second-order valence-corrected chi connectivity index (χ2v) is 7.31. The van der Waals surface area contributed by atoms with Crippen LogP contribution >= 0.6 is 0 Å². The van der Waals surface area contributed by atoms with E-state index in [1.807, 2.05) is 43.3 Å². The molecule has 0 N–H and O–H groups in total. The molecule has 0 radical (unpaired) electrons. The summed E-state index contributed by atoms with van der Waals surface area (Å²) in [5.74, 6) is 1.83. The van der Waals surface area contributed by atoms with Crippen molar-refractivity contribution in [1.82, 2.24) is 39.7 Å². The summed E-state index contributed by atoms with van der Waals surface area (Å²) in [5, 5.41) is 13.3. The van der Waals surface area contributed by atoms with Gasteiger partial charge in [-0.15, -0.1) is 15.3 Å². The van der Waals surface area contributed by atoms with E-state index in [2.05, 4.69) is 42.0 Å². The highest BCUT2D eigenvalue weighted by Crippen LogP contribution is 2.22. The zero-order valence-corrected chi connectivity index (χ0v) is 17.1. The summed E-state index contributed by atoms with van der Waals surface area (Å²) in [7, 11) is 0. The van der Waals surface area contributed by atoms with Crippen LogP contribution in [0.4, 0.5) is 5.95 Å². The van der Waals surface area contributed by atoms with Crippen molar-refractivity contribution in [2.45, 2.75) is 13.8 Å². The summed E-state index contributed by atoms with van der Waals surface area (Å²) in [6.45, 7) is 9.12. The predicted octanol–water partition coefficient (Wildman–Crippen LogP) is 2.09. The van der Waals surface area contributed by atoms with E-state index in [0.717, 1.165) is 55.6 Å². The molecule has 0 spiro atoms. The Bertz CT molecular complexity index is 1160. The van der Waals surface area contributed by atoms with Gasteiger partial charge >= 0.3 is 0 Å². The van der Waals surface area contributed by atoms with Gasteiger partial charge in [-0.2, -0.15) is 9.50 Å². The van der Waals surface area contributed by atoms with Gasteiger partial charge in [0.1, 0.15) is 5.69 Å². The van der Waals surface area contributed by atoms with Crippen LogP contribution in [-0.2, 0) is 0 Å². The third kappa shape index (κ3) is 3.37. The van der Waals surface area contributed by atoms with Gasteiger partial charge in [-0.3, -0.25) is 0 Å². The van der Waals surface area contributed by atoms with Gasteiger partial charge in [-0.05, 0) is 19.5 Å². The minimum atomic E-state index is 0.472. The molecule has 0 saturated carbocycles. The van der Waals surface area contributed by atoms with Crippen molar-refractivity contribution in [3.05, 3.63) is 48.3 Å². The molecule has 0 unspecified atom stereocenters. The SMILES string of the molecule is CCN1CCN(c2nccc(-c3nnc4nc(-c5ccccc5)nn4c3C)n2)CC1. The lowest BCUT2D eigenvalue weighted by atomic mass is 10.2. The lowest BCUT2D eigenvalue weighted by Gasteiger charge is -2.34. The molecule has 3 aromatic heterocycles. The molecule has 4 aromatic rings. The number of rotatable bonds is 4. The maximum Gasteiger partial charge on any atom is 0.272 e. The fourth-order valence-electron chi connectivity index (χ4n) is 3.70.